The van der Waals surface area contributed by atoms with Crippen LogP contribution in [-0.2, 0) is 11.8 Å². The predicted octanol–water partition coefficient (Wildman–Crippen LogP) is 4.92. The Labute approximate surface area is 222 Å². The number of aromatic nitrogens is 2. The lowest BCUT2D eigenvalue weighted by Gasteiger charge is -2.33. The number of morpholine rings is 1. The molecule has 1 aromatic carbocycles. The molecular weight excluding hydrogens is 516 g/mol. The molecule has 1 aliphatic carbocycles. The molecule has 0 unspecified atom stereocenters. The fraction of sp³-hybridized carbons (Fsp3) is 0.481. The van der Waals surface area contributed by atoms with Crippen molar-refractivity contribution in [3.05, 3.63) is 45.8 Å². The van der Waals surface area contributed by atoms with Crippen LogP contribution in [0.2, 0.25) is 5.02 Å². The molecule has 4 aliphatic rings. The number of ether oxygens (including phenoxy) is 2. The van der Waals surface area contributed by atoms with E-state index in [0.29, 0.717) is 33.0 Å². The molecule has 8 nitrogen and oxygen atoms in total. The molecule has 0 amide bonds. The van der Waals surface area contributed by atoms with Gasteiger partial charge in [0, 0.05) is 37.3 Å². The van der Waals surface area contributed by atoms with E-state index < -0.39 is 24.1 Å². The molecule has 1 saturated carbocycles. The van der Waals surface area contributed by atoms with Gasteiger partial charge in [0.05, 0.1) is 46.4 Å². The third kappa shape index (κ3) is 4.05. The molecule has 2 bridgehead atoms. The molecule has 3 atom stereocenters. The Morgan fingerprint density at radius 3 is 2.66 bits per heavy atom. The Kier molecular flexibility index (Phi) is 5.49. The summed E-state index contributed by atoms with van der Waals surface area (Å²) < 4.78 is 42.7. The SMILES string of the molecule is Cn1c(=O)c2c(c3cc(Nc4cc(N5C[C@H]6CC[C@@H](C5)O6)ncc4Cl)ccc31)N[C@@H](C1CC1)C(F)(F)CO2. The Bertz CT molecular complexity index is 1480. The molecule has 2 aromatic heterocycles. The standard InChI is InChI=1S/C27H28ClF2N5O3/c1-34-21-7-4-15(32-20-9-22(31-10-19(20)28)35-11-16-5-6-17(12-35)38-16)8-18(21)23-24(26(34)36)37-13-27(29,30)25(33-23)14-2-3-14/h4,7-10,14,16-17,25,33H,2-3,5-6,11-13H2,1H3,(H,31,32)/t16-,17+,25-/m0/s1. The van der Waals surface area contributed by atoms with E-state index in [-0.39, 0.29) is 23.9 Å². The average Bonchev–Trinajstić information content (AvgIpc) is 3.69. The summed E-state index contributed by atoms with van der Waals surface area (Å²) in [5, 5.41) is 7.46. The van der Waals surface area contributed by atoms with Crippen LogP contribution in [0, 0.1) is 5.92 Å². The van der Waals surface area contributed by atoms with Crippen LogP contribution in [0.4, 0.5) is 31.7 Å². The first-order valence-electron chi connectivity index (χ1n) is 13.0. The molecule has 3 aromatic rings. The third-order valence-corrected chi connectivity index (χ3v) is 8.40. The summed E-state index contributed by atoms with van der Waals surface area (Å²) in [7, 11) is 1.62. The number of hydrogen-bond donors (Lipinski definition) is 2. The molecule has 200 valence electrons. The summed E-state index contributed by atoms with van der Waals surface area (Å²) >= 11 is 6.52. The van der Waals surface area contributed by atoms with E-state index in [1.165, 1.54) is 4.57 Å². The van der Waals surface area contributed by atoms with Crippen LogP contribution < -0.4 is 25.8 Å². The predicted molar refractivity (Wildman–Crippen MR) is 142 cm³/mol. The molecule has 3 aliphatic heterocycles. The van der Waals surface area contributed by atoms with Gasteiger partial charge in [-0.15, -0.1) is 0 Å². The zero-order valence-corrected chi connectivity index (χ0v) is 21.6. The number of alkyl halides is 2. The van der Waals surface area contributed by atoms with Crippen LogP contribution in [0.15, 0.2) is 35.3 Å². The Morgan fingerprint density at radius 2 is 1.92 bits per heavy atom. The van der Waals surface area contributed by atoms with Crippen LogP contribution in [0.25, 0.3) is 10.9 Å². The molecule has 3 fully saturated rings. The highest BCUT2D eigenvalue weighted by Crippen LogP contribution is 2.45. The van der Waals surface area contributed by atoms with Gasteiger partial charge >= 0.3 is 5.92 Å². The van der Waals surface area contributed by atoms with E-state index in [2.05, 4.69) is 20.5 Å². The molecule has 7 rings (SSSR count). The van der Waals surface area contributed by atoms with E-state index in [9.17, 15) is 13.6 Å². The maximum absolute atomic E-state index is 14.9. The van der Waals surface area contributed by atoms with Crippen molar-refractivity contribution >= 4 is 45.4 Å². The summed E-state index contributed by atoms with van der Waals surface area (Å²) in [4.78, 5) is 19.8. The van der Waals surface area contributed by atoms with Crippen molar-refractivity contribution in [2.75, 3.05) is 35.2 Å². The first-order chi connectivity index (χ1) is 18.3. The highest BCUT2D eigenvalue weighted by Gasteiger charge is 2.51. The Hall–Kier alpha value is -3.11. The van der Waals surface area contributed by atoms with Gasteiger partial charge in [-0.2, -0.15) is 0 Å². The van der Waals surface area contributed by atoms with Crippen LogP contribution in [0.3, 0.4) is 0 Å². The van der Waals surface area contributed by atoms with Crippen molar-refractivity contribution in [2.24, 2.45) is 13.0 Å². The van der Waals surface area contributed by atoms with Gasteiger partial charge < -0.3 is 29.6 Å². The molecule has 11 heteroatoms. The number of rotatable bonds is 4. The van der Waals surface area contributed by atoms with Crippen LogP contribution in [-0.4, -0.2) is 53.4 Å². The summed E-state index contributed by atoms with van der Waals surface area (Å²) in [5.74, 6) is -2.50. The van der Waals surface area contributed by atoms with Crippen molar-refractivity contribution in [3.63, 3.8) is 0 Å². The lowest BCUT2D eigenvalue weighted by atomic mass is 10.0. The van der Waals surface area contributed by atoms with E-state index in [4.69, 9.17) is 21.1 Å². The van der Waals surface area contributed by atoms with Gasteiger partial charge in [-0.3, -0.25) is 4.79 Å². The van der Waals surface area contributed by atoms with Crippen molar-refractivity contribution in [1.82, 2.24) is 9.55 Å². The molecule has 2 saturated heterocycles. The van der Waals surface area contributed by atoms with Crippen molar-refractivity contribution in [3.8, 4) is 5.75 Å². The van der Waals surface area contributed by atoms with Crippen molar-refractivity contribution in [2.45, 2.75) is 49.9 Å². The number of anilines is 4. The molecule has 2 N–H and O–H groups in total. The highest BCUT2D eigenvalue weighted by atomic mass is 35.5. The zero-order chi connectivity index (χ0) is 26.2. The second-order valence-electron chi connectivity index (χ2n) is 10.8. The number of nitrogens with zero attached hydrogens (tertiary/aromatic N) is 3. The number of fused-ring (bicyclic) bond motifs is 5. The van der Waals surface area contributed by atoms with E-state index in [1.807, 2.05) is 18.2 Å². The monoisotopic (exact) mass is 543 g/mol. The molecular formula is C27H28ClF2N5O3. The van der Waals surface area contributed by atoms with Crippen LogP contribution in [0.1, 0.15) is 25.7 Å². The number of halogens is 3. The van der Waals surface area contributed by atoms with E-state index >= 15 is 0 Å². The molecule has 0 spiro atoms. The van der Waals surface area contributed by atoms with Gasteiger partial charge in [-0.05, 0) is 49.8 Å². The first kappa shape index (κ1) is 24.0. The second-order valence-corrected chi connectivity index (χ2v) is 11.2. The van der Waals surface area contributed by atoms with Gasteiger partial charge in [0.1, 0.15) is 5.82 Å². The first-order valence-corrected chi connectivity index (χ1v) is 13.4. The normalized spacial score (nSPS) is 25.9. The fourth-order valence-electron chi connectivity index (χ4n) is 5.94. The summed E-state index contributed by atoms with van der Waals surface area (Å²) in [6.45, 7) is 0.754. The fourth-order valence-corrected chi connectivity index (χ4v) is 6.09. The summed E-state index contributed by atoms with van der Waals surface area (Å²) in [5.41, 5.74) is 1.85. The highest BCUT2D eigenvalue weighted by molar-refractivity contribution is 6.33. The molecule has 0 radical (unpaired) electrons. The van der Waals surface area contributed by atoms with Gasteiger partial charge in [-0.25, -0.2) is 13.8 Å². The van der Waals surface area contributed by atoms with Gasteiger partial charge in [0.15, 0.2) is 6.61 Å². The lowest BCUT2D eigenvalue weighted by molar-refractivity contribution is -0.0579. The number of nitrogens with one attached hydrogen (secondary N) is 2. The molecule has 38 heavy (non-hydrogen) atoms. The minimum absolute atomic E-state index is 0.0776. The largest absolute Gasteiger partial charge is 0.480 e. The number of benzene rings is 1. The third-order valence-electron chi connectivity index (χ3n) is 8.10. The van der Waals surface area contributed by atoms with E-state index in [0.717, 1.165) is 44.6 Å². The minimum atomic E-state index is -3.09. The smallest absolute Gasteiger partial charge is 0.301 e. The van der Waals surface area contributed by atoms with Crippen LogP contribution in [0.5, 0.6) is 5.75 Å². The Morgan fingerprint density at radius 1 is 1.16 bits per heavy atom. The Balaban J connectivity index is 1.26. The summed E-state index contributed by atoms with van der Waals surface area (Å²) in [6, 6.07) is 6.30. The molecule has 5 heterocycles. The lowest BCUT2D eigenvalue weighted by Crippen LogP contribution is -2.44. The summed E-state index contributed by atoms with van der Waals surface area (Å²) in [6.07, 6.45) is 5.67. The maximum atomic E-state index is 14.9. The van der Waals surface area contributed by atoms with Crippen molar-refractivity contribution < 1.29 is 18.3 Å². The quantitative estimate of drug-likeness (QED) is 0.483. The topological polar surface area (TPSA) is 80.7 Å². The van der Waals surface area contributed by atoms with Crippen LogP contribution >= 0.6 is 11.6 Å². The second kappa shape index (κ2) is 8.71. The number of pyridine rings is 2. The number of aryl methyl sites for hydroxylation is 1. The average molecular weight is 544 g/mol. The van der Waals surface area contributed by atoms with E-state index in [1.54, 1.807) is 19.3 Å². The van der Waals surface area contributed by atoms with Gasteiger partial charge in [0.2, 0.25) is 5.75 Å². The maximum Gasteiger partial charge on any atom is 0.301 e. The van der Waals surface area contributed by atoms with Gasteiger partial charge in [-0.1, -0.05) is 11.6 Å². The van der Waals surface area contributed by atoms with Crippen molar-refractivity contribution in [1.29, 1.82) is 0 Å². The minimum Gasteiger partial charge on any atom is -0.480 e. The number of hydrogen-bond acceptors (Lipinski definition) is 7. The zero-order valence-electron chi connectivity index (χ0n) is 20.8. The van der Waals surface area contributed by atoms with Gasteiger partial charge in [0.25, 0.3) is 5.56 Å².